The summed E-state index contributed by atoms with van der Waals surface area (Å²) in [5.74, 6) is -0.263. The molecule has 2 aromatic rings. The number of aryl methyl sites for hydroxylation is 2. The lowest BCUT2D eigenvalue weighted by molar-refractivity contribution is 0.0249. The van der Waals surface area contributed by atoms with E-state index in [-0.39, 0.29) is 6.10 Å². The molecule has 6 heteroatoms. The number of piperidine rings is 1. The lowest BCUT2D eigenvalue weighted by atomic mass is 10.1. The van der Waals surface area contributed by atoms with Gasteiger partial charge >= 0.3 is 5.97 Å². The summed E-state index contributed by atoms with van der Waals surface area (Å²) in [5.41, 5.74) is 3.57. The Morgan fingerprint density at radius 1 is 1.31 bits per heavy atom. The van der Waals surface area contributed by atoms with Crippen molar-refractivity contribution in [1.29, 1.82) is 0 Å². The van der Waals surface area contributed by atoms with E-state index in [4.69, 9.17) is 9.72 Å². The van der Waals surface area contributed by atoms with Gasteiger partial charge in [0.05, 0.1) is 12.7 Å². The van der Waals surface area contributed by atoms with Crippen LogP contribution in [-0.2, 0) is 24.2 Å². The number of aromatic carboxylic acids is 1. The maximum atomic E-state index is 11.7. The summed E-state index contributed by atoms with van der Waals surface area (Å²) in [4.78, 5) is 22.6. The van der Waals surface area contributed by atoms with Crippen molar-refractivity contribution in [1.82, 2.24) is 9.97 Å². The SMILES string of the molecule is O=C(O)c1cc2c(nc1N1CCC(OCc3cccnc3)CC1)CCC2. The number of hydrogen-bond donors (Lipinski definition) is 1. The summed E-state index contributed by atoms with van der Waals surface area (Å²) in [6.45, 7) is 2.10. The van der Waals surface area contributed by atoms with Crippen molar-refractivity contribution < 1.29 is 14.6 Å². The summed E-state index contributed by atoms with van der Waals surface area (Å²) in [5, 5.41) is 9.59. The summed E-state index contributed by atoms with van der Waals surface area (Å²) >= 11 is 0. The molecule has 1 fully saturated rings. The number of carboxylic acid groups (broad SMARTS) is 1. The smallest absolute Gasteiger partial charge is 0.339 e. The third-order valence-electron chi connectivity index (χ3n) is 5.21. The van der Waals surface area contributed by atoms with Crippen molar-refractivity contribution in [3.8, 4) is 0 Å². The van der Waals surface area contributed by atoms with E-state index in [0.29, 0.717) is 18.0 Å². The van der Waals surface area contributed by atoms with E-state index in [9.17, 15) is 9.90 Å². The average molecular weight is 353 g/mol. The molecule has 0 unspecified atom stereocenters. The van der Waals surface area contributed by atoms with Gasteiger partial charge in [0.15, 0.2) is 0 Å². The molecule has 0 atom stereocenters. The van der Waals surface area contributed by atoms with Crippen molar-refractivity contribution in [3.63, 3.8) is 0 Å². The molecule has 0 bridgehead atoms. The highest BCUT2D eigenvalue weighted by Gasteiger charge is 2.27. The van der Waals surface area contributed by atoms with Crippen LogP contribution in [0.5, 0.6) is 0 Å². The molecule has 1 N–H and O–H groups in total. The highest BCUT2D eigenvalue weighted by molar-refractivity contribution is 5.93. The van der Waals surface area contributed by atoms with Crippen LogP contribution in [0.3, 0.4) is 0 Å². The largest absolute Gasteiger partial charge is 0.478 e. The molecule has 1 saturated heterocycles. The molecule has 136 valence electrons. The van der Waals surface area contributed by atoms with Crippen LogP contribution in [0.15, 0.2) is 30.6 Å². The Bertz CT molecular complexity index is 786. The van der Waals surface area contributed by atoms with Crippen LogP contribution < -0.4 is 4.90 Å². The number of anilines is 1. The minimum atomic E-state index is -0.892. The predicted molar refractivity (Wildman–Crippen MR) is 97.5 cm³/mol. The molecule has 0 aromatic carbocycles. The maximum absolute atomic E-state index is 11.7. The highest BCUT2D eigenvalue weighted by atomic mass is 16.5. The second-order valence-electron chi connectivity index (χ2n) is 6.98. The molecule has 0 amide bonds. The van der Waals surface area contributed by atoms with Gasteiger partial charge in [-0.15, -0.1) is 0 Å². The zero-order valence-corrected chi connectivity index (χ0v) is 14.7. The second kappa shape index (κ2) is 7.41. The zero-order chi connectivity index (χ0) is 17.9. The van der Waals surface area contributed by atoms with E-state index < -0.39 is 5.97 Å². The van der Waals surface area contributed by atoms with Gasteiger partial charge in [0, 0.05) is 31.2 Å². The number of fused-ring (bicyclic) bond motifs is 1. The van der Waals surface area contributed by atoms with Crippen LogP contribution in [0.4, 0.5) is 5.82 Å². The molecule has 0 saturated carbocycles. The number of aromatic nitrogens is 2. The summed E-state index contributed by atoms with van der Waals surface area (Å²) in [6.07, 6.45) is 8.47. The molecular formula is C20H23N3O3. The number of ether oxygens (including phenoxy) is 1. The van der Waals surface area contributed by atoms with E-state index in [0.717, 1.165) is 62.0 Å². The highest BCUT2D eigenvalue weighted by Crippen LogP contribution is 2.29. The van der Waals surface area contributed by atoms with Gasteiger partial charge < -0.3 is 14.7 Å². The number of hydrogen-bond acceptors (Lipinski definition) is 5. The van der Waals surface area contributed by atoms with Gasteiger partial charge in [-0.3, -0.25) is 4.98 Å². The van der Waals surface area contributed by atoms with E-state index >= 15 is 0 Å². The maximum Gasteiger partial charge on any atom is 0.339 e. The Kier molecular flexibility index (Phi) is 4.84. The first kappa shape index (κ1) is 17.0. The number of carbonyl (C=O) groups is 1. The second-order valence-corrected chi connectivity index (χ2v) is 6.98. The average Bonchev–Trinajstić information content (AvgIpc) is 3.14. The molecule has 3 heterocycles. The van der Waals surface area contributed by atoms with Crippen molar-refractivity contribution in [2.24, 2.45) is 0 Å². The van der Waals surface area contributed by atoms with Gasteiger partial charge in [-0.05, 0) is 55.4 Å². The van der Waals surface area contributed by atoms with Crippen molar-refractivity contribution >= 4 is 11.8 Å². The number of nitrogens with zero attached hydrogens (tertiary/aromatic N) is 3. The normalized spacial score (nSPS) is 17.3. The summed E-state index contributed by atoms with van der Waals surface area (Å²) in [7, 11) is 0. The van der Waals surface area contributed by atoms with Crippen LogP contribution >= 0.6 is 0 Å². The minimum Gasteiger partial charge on any atom is -0.478 e. The fourth-order valence-corrected chi connectivity index (χ4v) is 3.79. The Morgan fingerprint density at radius 3 is 2.88 bits per heavy atom. The Labute approximate surface area is 152 Å². The van der Waals surface area contributed by atoms with Gasteiger partial charge in [-0.1, -0.05) is 6.07 Å². The third-order valence-corrected chi connectivity index (χ3v) is 5.21. The van der Waals surface area contributed by atoms with Gasteiger partial charge in [-0.2, -0.15) is 0 Å². The molecule has 26 heavy (non-hydrogen) atoms. The predicted octanol–water partition coefficient (Wildman–Crippen LogP) is 2.85. The topological polar surface area (TPSA) is 75.5 Å². The van der Waals surface area contributed by atoms with Crippen molar-refractivity contribution in [3.05, 3.63) is 53.0 Å². The van der Waals surface area contributed by atoms with E-state index in [2.05, 4.69) is 9.88 Å². The zero-order valence-electron chi connectivity index (χ0n) is 14.7. The molecule has 4 rings (SSSR count). The van der Waals surface area contributed by atoms with E-state index in [1.54, 1.807) is 6.20 Å². The molecule has 6 nitrogen and oxygen atoms in total. The molecule has 0 spiro atoms. The first-order valence-corrected chi connectivity index (χ1v) is 9.22. The number of carboxylic acids is 1. The van der Waals surface area contributed by atoms with E-state index in [1.165, 1.54) is 0 Å². The number of pyridine rings is 2. The monoisotopic (exact) mass is 353 g/mol. The Balaban J connectivity index is 1.41. The molecule has 2 aromatic heterocycles. The molecule has 1 aliphatic heterocycles. The van der Waals surface area contributed by atoms with Crippen LogP contribution in [-0.4, -0.2) is 40.2 Å². The van der Waals surface area contributed by atoms with Gasteiger partial charge in [0.25, 0.3) is 0 Å². The van der Waals surface area contributed by atoms with E-state index in [1.807, 2.05) is 24.4 Å². The lowest BCUT2D eigenvalue weighted by Gasteiger charge is -2.33. The summed E-state index contributed by atoms with van der Waals surface area (Å²) in [6, 6.07) is 5.75. The molecule has 0 radical (unpaired) electrons. The van der Waals surface area contributed by atoms with Crippen molar-refractivity contribution in [2.75, 3.05) is 18.0 Å². The molecular weight excluding hydrogens is 330 g/mol. The van der Waals surface area contributed by atoms with Crippen LogP contribution in [0.25, 0.3) is 0 Å². The Morgan fingerprint density at radius 2 is 2.15 bits per heavy atom. The van der Waals surface area contributed by atoms with Gasteiger partial charge in [0.1, 0.15) is 11.4 Å². The van der Waals surface area contributed by atoms with Crippen molar-refractivity contribution in [2.45, 2.75) is 44.8 Å². The standard InChI is InChI=1S/C20H23N3O3/c24-20(25)17-11-15-4-1-5-18(15)22-19(17)23-9-6-16(7-10-23)26-13-14-3-2-8-21-12-14/h2-3,8,11-12,16H,1,4-7,9-10,13H2,(H,24,25). The van der Waals surface area contributed by atoms with Crippen LogP contribution in [0, 0.1) is 0 Å². The quantitative estimate of drug-likeness (QED) is 0.891. The molecule has 2 aliphatic rings. The fourth-order valence-electron chi connectivity index (χ4n) is 3.79. The number of rotatable bonds is 5. The minimum absolute atomic E-state index is 0.189. The third kappa shape index (κ3) is 3.55. The van der Waals surface area contributed by atoms with Crippen LogP contribution in [0.2, 0.25) is 0 Å². The summed E-state index contributed by atoms with van der Waals surface area (Å²) < 4.78 is 6.00. The first-order valence-electron chi connectivity index (χ1n) is 9.22. The fraction of sp³-hybridized carbons (Fsp3) is 0.450. The first-order chi connectivity index (χ1) is 12.7. The Hall–Kier alpha value is -2.47. The lowest BCUT2D eigenvalue weighted by Crippen LogP contribution is -2.38. The van der Waals surface area contributed by atoms with Gasteiger partial charge in [-0.25, -0.2) is 9.78 Å². The molecule has 1 aliphatic carbocycles. The van der Waals surface area contributed by atoms with Crippen LogP contribution in [0.1, 0.15) is 46.4 Å². The van der Waals surface area contributed by atoms with Gasteiger partial charge in [0.2, 0.25) is 0 Å².